The molecule has 13 heavy (non-hydrogen) atoms. The summed E-state index contributed by atoms with van der Waals surface area (Å²) in [5, 5.41) is 3.20. The van der Waals surface area contributed by atoms with Gasteiger partial charge in [0.05, 0.1) is 0 Å². The molecule has 0 radical (unpaired) electrons. The quantitative estimate of drug-likeness (QED) is 0.671. The van der Waals surface area contributed by atoms with Crippen LogP contribution in [0.5, 0.6) is 0 Å². The summed E-state index contributed by atoms with van der Waals surface area (Å²) in [7, 11) is 0. The molecule has 2 rings (SSSR count). The smallest absolute Gasteiger partial charge is 0.127 e. The van der Waals surface area contributed by atoms with Gasteiger partial charge in [0.2, 0.25) is 0 Å². The van der Waals surface area contributed by atoms with Gasteiger partial charge in [-0.3, -0.25) is 0 Å². The largest absolute Gasteiger partial charge is 0.329 e. The second kappa shape index (κ2) is 3.44. The minimum atomic E-state index is -0.111. The van der Waals surface area contributed by atoms with Crippen molar-refractivity contribution in [3.8, 4) is 0 Å². The van der Waals surface area contributed by atoms with Crippen LogP contribution < -0.4 is 11.1 Å². The fraction of sp³-hybridized carbons (Fsp3) is 0.400. The molecule has 0 aromatic heterocycles. The summed E-state index contributed by atoms with van der Waals surface area (Å²) in [4.78, 5) is 0. The van der Waals surface area contributed by atoms with Crippen LogP contribution in [0.4, 0.5) is 4.39 Å². The third-order valence-corrected chi connectivity index (χ3v) is 2.53. The molecule has 1 aromatic carbocycles. The molecule has 1 aliphatic rings. The Bertz CT molecular complexity index is 312. The maximum absolute atomic E-state index is 13.2. The van der Waals surface area contributed by atoms with Crippen LogP contribution in [-0.2, 0) is 13.0 Å². The third-order valence-electron chi connectivity index (χ3n) is 2.53. The van der Waals surface area contributed by atoms with Gasteiger partial charge < -0.3 is 11.1 Å². The first kappa shape index (κ1) is 8.66. The average Bonchev–Trinajstić information content (AvgIpc) is 2.18. The highest BCUT2D eigenvalue weighted by Crippen LogP contribution is 2.18. The van der Waals surface area contributed by atoms with Crippen molar-refractivity contribution in [2.45, 2.75) is 19.0 Å². The lowest BCUT2D eigenvalue weighted by molar-refractivity contribution is 0.469. The number of hydrogen-bond acceptors (Lipinski definition) is 2. The molecular weight excluding hydrogens is 167 g/mol. The molecular formula is C10H13FN2. The Morgan fingerprint density at radius 1 is 1.54 bits per heavy atom. The van der Waals surface area contributed by atoms with Crippen LogP contribution in [0.2, 0.25) is 0 Å². The Morgan fingerprint density at radius 3 is 3.15 bits per heavy atom. The molecule has 70 valence electrons. The predicted molar refractivity (Wildman–Crippen MR) is 49.8 cm³/mol. The summed E-state index contributed by atoms with van der Waals surface area (Å²) < 4.78 is 13.2. The minimum absolute atomic E-state index is 0.111. The highest BCUT2D eigenvalue weighted by molar-refractivity contribution is 5.31. The fourth-order valence-electron chi connectivity index (χ4n) is 1.74. The summed E-state index contributed by atoms with van der Waals surface area (Å²) in [5.74, 6) is -0.111. The van der Waals surface area contributed by atoms with Crippen LogP contribution in [0, 0.1) is 5.82 Å². The molecule has 2 nitrogen and oxygen atoms in total. The molecule has 0 saturated heterocycles. The second-order valence-electron chi connectivity index (χ2n) is 3.40. The van der Waals surface area contributed by atoms with Gasteiger partial charge in [-0.05, 0) is 18.1 Å². The van der Waals surface area contributed by atoms with E-state index in [0.717, 1.165) is 17.5 Å². The zero-order valence-corrected chi connectivity index (χ0v) is 7.39. The van der Waals surface area contributed by atoms with Gasteiger partial charge in [-0.25, -0.2) is 4.39 Å². The molecule has 0 bridgehead atoms. The first-order chi connectivity index (χ1) is 6.31. The van der Waals surface area contributed by atoms with Crippen LogP contribution in [-0.4, -0.2) is 12.6 Å². The second-order valence-corrected chi connectivity index (χ2v) is 3.40. The van der Waals surface area contributed by atoms with E-state index in [2.05, 4.69) is 5.32 Å². The molecule has 1 atom stereocenters. The van der Waals surface area contributed by atoms with Gasteiger partial charge in [-0.2, -0.15) is 0 Å². The molecule has 0 fully saturated rings. The van der Waals surface area contributed by atoms with Gasteiger partial charge in [0.15, 0.2) is 0 Å². The third kappa shape index (κ3) is 1.57. The molecule has 1 aliphatic heterocycles. The van der Waals surface area contributed by atoms with E-state index in [1.54, 1.807) is 6.07 Å². The topological polar surface area (TPSA) is 38.0 Å². The summed E-state index contributed by atoms with van der Waals surface area (Å²) in [6.07, 6.45) is 0.837. The molecule has 3 N–H and O–H groups in total. The van der Waals surface area contributed by atoms with E-state index in [1.165, 1.54) is 6.07 Å². The lowest BCUT2D eigenvalue weighted by atomic mass is 9.95. The van der Waals surface area contributed by atoms with Gasteiger partial charge in [0.25, 0.3) is 0 Å². The van der Waals surface area contributed by atoms with E-state index in [-0.39, 0.29) is 5.82 Å². The van der Waals surface area contributed by atoms with Crippen LogP contribution >= 0.6 is 0 Å². The van der Waals surface area contributed by atoms with Crippen molar-refractivity contribution in [2.75, 3.05) is 6.54 Å². The summed E-state index contributed by atoms with van der Waals surface area (Å²) in [5.41, 5.74) is 7.43. The normalized spacial score (nSPS) is 21.2. The van der Waals surface area contributed by atoms with Crippen molar-refractivity contribution in [2.24, 2.45) is 5.73 Å². The molecule has 0 saturated carbocycles. The summed E-state index contributed by atoms with van der Waals surface area (Å²) in [6.45, 7) is 1.21. The maximum atomic E-state index is 13.2. The first-order valence-electron chi connectivity index (χ1n) is 4.51. The van der Waals surface area contributed by atoms with E-state index < -0.39 is 0 Å². The fourth-order valence-corrected chi connectivity index (χ4v) is 1.74. The molecule has 0 spiro atoms. The number of fused-ring (bicyclic) bond motifs is 1. The average molecular weight is 180 g/mol. The van der Waals surface area contributed by atoms with Crippen LogP contribution in [0.25, 0.3) is 0 Å². The van der Waals surface area contributed by atoms with Crippen molar-refractivity contribution in [1.29, 1.82) is 0 Å². The van der Waals surface area contributed by atoms with Crippen LogP contribution in [0.15, 0.2) is 18.2 Å². The Morgan fingerprint density at radius 2 is 2.38 bits per heavy atom. The van der Waals surface area contributed by atoms with Crippen LogP contribution in [0.3, 0.4) is 0 Å². The molecule has 1 unspecified atom stereocenters. The number of nitrogens with one attached hydrogen (secondary N) is 1. The highest BCUT2D eigenvalue weighted by Gasteiger charge is 2.18. The molecule has 1 heterocycles. The van der Waals surface area contributed by atoms with Crippen LogP contribution in [0.1, 0.15) is 11.1 Å². The lowest BCUT2D eigenvalue weighted by Crippen LogP contribution is -2.41. The summed E-state index contributed by atoms with van der Waals surface area (Å²) in [6, 6.07) is 5.53. The van der Waals surface area contributed by atoms with Gasteiger partial charge in [-0.15, -0.1) is 0 Å². The van der Waals surface area contributed by atoms with Crippen molar-refractivity contribution >= 4 is 0 Å². The van der Waals surface area contributed by atoms with Gasteiger partial charge in [0.1, 0.15) is 5.82 Å². The van der Waals surface area contributed by atoms with E-state index in [9.17, 15) is 4.39 Å². The van der Waals surface area contributed by atoms with E-state index in [4.69, 9.17) is 5.73 Å². The Hall–Kier alpha value is -0.930. The van der Waals surface area contributed by atoms with Gasteiger partial charge in [-0.1, -0.05) is 12.1 Å². The standard InChI is InChI=1S/C10H13FN2/c11-10-3-1-2-7-4-8(5-12)13-6-9(7)10/h1-3,8,13H,4-6,12H2. The van der Waals surface area contributed by atoms with E-state index >= 15 is 0 Å². The van der Waals surface area contributed by atoms with E-state index in [1.807, 2.05) is 6.07 Å². The number of halogens is 1. The predicted octanol–water partition coefficient (Wildman–Crippen LogP) is 0.799. The van der Waals surface area contributed by atoms with Crippen molar-refractivity contribution in [1.82, 2.24) is 5.32 Å². The van der Waals surface area contributed by atoms with Crippen molar-refractivity contribution in [3.63, 3.8) is 0 Å². The highest BCUT2D eigenvalue weighted by atomic mass is 19.1. The van der Waals surface area contributed by atoms with Crippen molar-refractivity contribution in [3.05, 3.63) is 35.1 Å². The molecule has 0 aliphatic carbocycles. The molecule has 0 amide bonds. The van der Waals surface area contributed by atoms with Crippen molar-refractivity contribution < 1.29 is 4.39 Å². The monoisotopic (exact) mass is 180 g/mol. The Labute approximate surface area is 76.9 Å². The Kier molecular flexibility index (Phi) is 2.29. The molecule has 1 aromatic rings. The molecule has 3 heteroatoms. The number of nitrogens with two attached hydrogens (primary N) is 1. The summed E-state index contributed by atoms with van der Waals surface area (Å²) >= 11 is 0. The number of benzene rings is 1. The van der Waals surface area contributed by atoms with Gasteiger partial charge in [0, 0.05) is 24.7 Å². The first-order valence-corrected chi connectivity index (χ1v) is 4.51. The zero-order valence-electron chi connectivity index (χ0n) is 7.39. The number of hydrogen-bond donors (Lipinski definition) is 2. The minimum Gasteiger partial charge on any atom is -0.329 e. The zero-order chi connectivity index (χ0) is 9.26. The van der Waals surface area contributed by atoms with Gasteiger partial charge >= 0.3 is 0 Å². The Balaban J connectivity index is 2.31. The SMILES string of the molecule is NCC1Cc2cccc(F)c2CN1. The maximum Gasteiger partial charge on any atom is 0.127 e. The number of rotatable bonds is 1. The van der Waals surface area contributed by atoms with E-state index in [0.29, 0.717) is 19.1 Å². The lowest BCUT2D eigenvalue weighted by Gasteiger charge is -2.25.